The molecule has 0 N–H and O–H groups in total. The van der Waals surface area contributed by atoms with Gasteiger partial charge in [-0.25, -0.2) is 0 Å². The number of furan rings is 1. The molecule has 0 bridgehead atoms. The SMILES string of the molecule is CCN1C(=O)C(C#N)=C(C)/C(=C/c2cc3sc(-c4ccc(Cl)cc4)cc3o2)C1=O. The highest BCUT2D eigenvalue weighted by Crippen LogP contribution is 2.37. The molecule has 2 aromatic heterocycles. The number of fused-ring (bicyclic) bond motifs is 1. The predicted octanol–water partition coefficient (Wildman–Crippen LogP) is 5.43. The van der Waals surface area contributed by atoms with Gasteiger partial charge in [-0.3, -0.25) is 14.5 Å². The van der Waals surface area contributed by atoms with Gasteiger partial charge in [-0.05, 0) is 43.2 Å². The van der Waals surface area contributed by atoms with E-state index in [9.17, 15) is 14.9 Å². The lowest BCUT2D eigenvalue weighted by Crippen LogP contribution is -2.42. The van der Waals surface area contributed by atoms with Crippen LogP contribution < -0.4 is 0 Å². The first-order valence-electron chi connectivity index (χ1n) is 8.91. The second-order valence-electron chi connectivity index (χ2n) is 6.52. The van der Waals surface area contributed by atoms with Crippen LogP contribution in [0.5, 0.6) is 0 Å². The van der Waals surface area contributed by atoms with Crippen molar-refractivity contribution in [2.24, 2.45) is 0 Å². The van der Waals surface area contributed by atoms with Crippen LogP contribution in [0.1, 0.15) is 19.6 Å². The van der Waals surface area contributed by atoms with Crippen LogP contribution in [0.2, 0.25) is 5.02 Å². The Bertz CT molecular complexity index is 1220. The molecule has 0 unspecified atom stereocenters. The number of halogens is 1. The predicted molar refractivity (Wildman–Crippen MR) is 113 cm³/mol. The molecule has 3 heterocycles. The summed E-state index contributed by atoms with van der Waals surface area (Å²) in [6, 6.07) is 13.3. The molecule has 144 valence electrons. The van der Waals surface area contributed by atoms with Crippen molar-refractivity contribution in [3.8, 4) is 16.5 Å². The fourth-order valence-electron chi connectivity index (χ4n) is 3.24. The van der Waals surface area contributed by atoms with Gasteiger partial charge in [0.25, 0.3) is 11.8 Å². The largest absolute Gasteiger partial charge is 0.456 e. The highest BCUT2D eigenvalue weighted by molar-refractivity contribution is 7.22. The molecule has 0 fully saturated rings. The van der Waals surface area contributed by atoms with E-state index in [0.717, 1.165) is 20.0 Å². The molecule has 4 rings (SSSR count). The van der Waals surface area contributed by atoms with E-state index in [1.54, 1.807) is 31.3 Å². The number of hydrogen-bond acceptors (Lipinski definition) is 5. The summed E-state index contributed by atoms with van der Waals surface area (Å²) < 4.78 is 6.85. The Kier molecular flexibility index (Phi) is 4.87. The molecule has 0 saturated heterocycles. The third kappa shape index (κ3) is 3.29. The molecule has 1 aliphatic rings. The minimum Gasteiger partial charge on any atom is -0.456 e. The van der Waals surface area contributed by atoms with E-state index in [0.29, 0.717) is 27.5 Å². The normalized spacial score (nSPS) is 16.2. The third-order valence-corrected chi connectivity index (χ3v) is 6.15. The van der Waals surface area contributed by atoms with Gasteiger partial charge in [-0.2, -0.15) is 5.26 Å². The fourth-order valence-corrected chi connectivity index (χ4v) is 4.40. The summed E-state index contributed by atoms with van der Waals surface area (Å²) in [5, 5.41) is 10.0. The lowest BCUT2D eigenvalue weighted by Gasteiger charge is -2.25. The second kappa shape index (κ2) is 7.36. The second-order valence-corrected chi connectivity index (χ2v) is 8.04. The molecule has 2 amide bonds. The number of rotatable bonds is 3. The Balaban J connectivity index is 1.74. The van der Waals surface area contributed by atoms with Gasteiger partial charge in [0, 0.05) is 34.2 Å². The smallest absolute Gasteiger partial charge is 0.271 e. The molecular weight excluding hydrogens is 408 g/mol. The van der Waals surface area contributed by atoms with Gasteiger partial charge in [0.05, 0.1) is 4.70 Å². The number of amides is 2. The van der Waals surface area contributed by atoms with Crippen molar-refractivity contribution in [1.29, 1.82) is 5.26 Å². The fraction of sp³-hybridized carbons (Fsp3) is 0.136. The van der Waals surface area contributed by atoms with Crippen LogP contribution in [0.25, 0.3) is 26.8 Å². The van der Waals surface area contributed by atoms with Gasteiger partial charge in [0.15, 0.2) is 0 Å². The van der Waals surface area contributed by atoms with Crippen LogP contribution in [-0.4, -0.2) is 23.3 Å². The van der Waals surface area contributed by atoms with Crippen molar-refractivity contribution in [2.45, 2.75) is 13.8 Å². The monoisotopic (exact) mass is 422 g/mol. The number of carbonyl (C=O) groups excluding carboxylic acids is 2. The zero-order valence-electron chi connectivity index (χ0n) is 15.7. The molecular formula is C22H15ClN2O3S. The molecule has 0 spiro atoms. The summed E-state index contributed by atoms with van der Waals surface area (Å²) in [6.07, 6.45) is 1.60. The minimum absolute atomic E-state index is 0.0175. The average Bonchev–Trinajstić information content (AvgIpc) is 3.25. The maximum atomic E-state index is 12.7. The zero-order chi connectivity index (χ0) is 20.7. The van der Waals surface area contributed by atoms with Crippen LogP contribution in [-0.2, 0) is 9.59 Å². The van der Waals surface area contributed by atoms with Crippen LogP contribution in [0, 0.1) is 11.3 Å². The van der Waals surface area contributed by atoms with E-state index < -0.39 is 11.8 Å². The highest BCUT2D eigenvalue weighted by Gasteiger charge is 2.34. The number of benzene rings is 1. The lowest BCUT2D eigenvalue weighted by atomic mass is 9.95. The number of nitrogens with zero attached hydrogens (tertiary/aromatic N) is 2. The van der Waals surface area contributed by atoms with Gasteiger partial charge >= 0.3 is 0 Å². The van der Waals surface area contributed by atoms with Crippen LogP contribution in [0.15, 0.2) is 57.5 Å². The van der Waals surface area contributed by atoms with Gasteiger partial charge in [0.2, 0.25) is 0 Å². The summed E-state index contributed by atoms with van der Waals surface area (Å²) in [5.74, 6) is -0.474. The number of thiophene rings is 1. The van der Waals surface area contributed by atoms with E-state index in [1.807, 2.05) is 42.5 Å². The Hall–Kier alpha value is -3.14. The standard InChI is InChI=1S/C22H15ClN2O3S/c1-3-25-21(26)16(12(2)17(11-24)22(25)27)8-15-9-20-18(28-15)10-19(29-20)13-4-6-14(23)7-5-13/h4-10H,3H2,1-2H3/b16-8-. The molecule has 0 radical (unpaired) electrons. The Labute approximate surface area is 176 Å². The Morgan fingerprint density at radius 1 is 1.21 bits per heavy atom. The molecule has 7 heteroatoms. The van der Waals surface area contributed by atoms with Crippen LogP contribution in [0.4, 0.5) is 0 Å². The number of carbonyl (C=O) groups is 2. The van der Waals surface area contributed by atoms with Crippen molar-refractivity contribution in [2.75, 3.05) is 6.54 Å². The minimum atomic E-state index is -0.553. The summed E-state index contributed by atoms with van der Waals surface area (Å²) in [5.41, 5.74) is 2.40. The molecule has 1 aliphatic heterocycles. The Morgan fingerprint density at radius 2 is 1.93 bits per heavy atom. The summed E-state index contributed by atoms with van der Waals surface area (Å²) in [4.78, 5) is 27.1. The van der Waals surface area contributed by atoms with Crippen LogP contribution in [0.3, 0.4) is 0 Å². The van der Waals surface area contributed by atoms with Crippen molar-refractivity contribution in [1.82, 2.24) is 4.90 Å². The van der Waals surface area contributed by atoms with Gasteiger partial charge in [-0.1, -0.05) is 23.7 Å². The lowest BCUT2D eigenvalue weighted by molar-refractivity contribution is -0.140. The van der Waals surface area contributed by atoms with E-state index in [2.05, 4.69) is 0 Å². The average molecular weight is 423 g/mol. The van der Waals surface area contributed by atoms with Crippen molar-refractivity contribution in [3.63, 3.8) is 0 Å². The topological polar surface area (TPSA) is 74.3 Å². The quantitative estimate of drug-likeness (QED) is 0.416. The van der Waals surface area contributed by atoms with Gasteiger partial charge in [0.1, 0.15) is 23.0 Å². The van der Waals surface area contributed by atoms with Crippen LogP contribution >= 0.6 is 22.9 Å². The van der Waals surface area contributed by atoms with E-state index in [4.69, 9.17) is 16.0 Å². The number of likely N-dealkylation sites (N-methyl/N-ethyl adjacent to an activating group) is 1. The van der Waals surface area contributed by atoms with Gasteiger partial charge in [-0.15, -0.1) is 11.3 Å². The first kappa shape index (κ1) is 19.2. The van der Waals surface area contributed by atoms with Crippen molar-refractivity contribution < 1.29 is 14.0 Å². The molecule has 0 atom stereocenters. The molecule has 0 saturated carbocycles. The summed E-state index contributed by atoms with van der Waals surface area (Å²) >= 11 is 7.52. The highest BCUT2D eigenvalue weighted by atomic mass is 35.5. The molecule has 1 aromatic carbocycles. The van der Waals surface area contributed by atoms with Crippen molar-refractivity contribution >= 4 is 51.1 Å². The van der Waals surface area contributed by atoms with Crippen molar-refractivity contribution in [3.05, 3.63) is 63.9 Å². The maximum absolute atomic E-state index is 12.7. The maximum Gasteiger partial charge on any atom is 0.271 e. The van der Waals surface area contributed by atoms with E-state index in [-0.39, 0.29) is 12.1 Å². The third-order valence-electron chi connectivity index (χ3n) is 4.78. The van der Waals surface area contributed by atoms with Gasteiger partial charge < -0.3 is 4.42 Å². The number of nitriles is 1. The first-order valence-corrected chi connectivity index (χ1v) is 10.1. The molecule has 3 aromatic rings. The first-order chi connectivity index (χ1) is 13.9. The zero-order valence-corrected chi connectivity index (χ0v) is 17.2. The summed E-state index contributed by atoms with van der Waals surface area (Å²) in [7, 11) is 0. The summed E-state index contributed by atoms with van der Waals surface area (Å²) in [6.45, 7) is 3.51. The number of hydrogen-bond donors (Lipinski definition) is 0. The Morgan fingerprint density at radius 3 is 2.55 bits per heavy atom. The van der Waals surface area contributed by atoms with E-state index >= 15 is 0 Å². The molecule has 0 aliphatic carbocycles. The van der Waals surface area contributed by atoms with E-state index in [1.165, 1.54) is 0 Å². The number of imide groups is 1. The molecule has 5 nitrogen and oxygen atoms in total. The molecule has 29 heavy (non-hydrogen) atoms.